The Hall–Kier alpha value is -0.830. The van der Waals surface area contributed by atoms with Crippen molar-refractivity contribution in [3.8, 4) is 5.75 Å². The van der Waals surface area contributed by atoms with Gasteiger partial charge >= 0.3 is 0 Å². The Kier molecular flexibility index (Phi) is 3.32. The highest BCUT2D eigenvalue weighted by atomic mass is 79.9. The fraction of sp³-hybridized carbons (Fsp3) is 0.364. The highest BCUT2D eigenvalue weighted by Gasteiger charge is 2.14. The van der Waals surface area contributed by atoms with E-state index in [0.29, 0.717) is 0 Å². The van der Waals surface area contributed by atoms with E-state index in [-0.39, 0.29) is 5.78 Å². The van der Waals surface area contributed by atoms with Gasteiger partial charge in [-0.3, -0.25) is 4.79 Å². The summed E-state index contributed by atoms with van der Waals surface area (Å²) in [7, 11) is 1.61. The third-order valence-electron chi connectivity index (χ3n) is 2.23. The van der Waals surface area contributed by atoms with Crippen LogP contribution in [0.3, 0.4) is 0 Å². The van der Waals surface area contributed by atoms with Gasteiger partial charge in [0.25, 0.3) is 0 Å². The maximum atomic E-state index is 11.3. The van der Waals surface area contributed by atoms with Gasteiger partial charge in [0, 0.05) is 11.1 Å². The predicted octanol–water partition coefficient (Wildman–Crippen LogP) is 3.28. The van der Waals surface area contributed by atoms with Crippen LogP contribution in [0.1, 0.15) is 28.4 Å². The fourth-order valence-electron chi connectivity index (χ4n) is 1.46. The number of Topliss-reactive ketones (excluding diaryl/α,β-unsaturated/α-hetero) is 1. The summed E-state index contributed by atoms with van der Waals surface area (Å²) in [5, 5.41) is 0. The molecule has 0 saturated carbocycles. The molecule has 0 aliphatic heterocycles. The summed E-state index contributed by atoms with van der Waals surface area (Å²) in [6.45, 7) is 5.40. The van der Waals surface area contributed by atoms with E-state index in [0.717, 1.165) is 26.9 Å². The second-order valence-electron chi connectivity index (χ2n) is 3.27. The average molecular weight is 257 g/mol. The van der Waals surface area contributed by atoms with Crippen molar-refractivity contribution >= 4 is 21.7 Å². The minimum absolute atomic E-state index is 0.0661. The average Bonchev–Trinajstić information content (AvgIpc) is 2.12. The molecule has 1 aromatic rings. The molecule has 14 heavy (non-hydrogen) atoms. The van der Waals surface area contributed by atoms with Crippen molar-refractivity contribution in [2.75, 3.05) is 7.11 Å². The Morgan fingerprint density at radius 3 is 2.43 bits per heavy atom. The van der Waals surface area contributed by atoms with Crippen molar-refractivity contribution in [3.05, 3.63) is 27.2 Å². The Labute approximate surface area is 92.4 Å². The van der Waals surface area contributed by atoms with Crippen LogP contribution in [0, 0.1) is 13.8 Å². The number of carbonyl (C=O) groups excluding carboxylic acids is 1. The zero-order valence-electron chi connectivity index (χ0n) is 8.77. The molecule has 0 saturated heterocycles. The number of hydrogen-bond acceptors (Lipinski definition) is 2. The molecule has 0 atom stereocenters. The Morgan fingerprint density at radius 1 is 1.43 bits per heavy atom. The number of ketones is 1. The minimum Gasteiger partial charge on any atom is -0.495 e. The summed E-state index contributed by atoms with van der Waals surface area (Å²) >= 11 is 3.44. The van der Waals surface area contributed by atoms with Crippen LogP contribution in [0.4, 0.5) is 0 Å². The number of rotatable bonds is 2. The van der Waals surface area contributed by atoms with E-state index >= 15 is 0 Å². The number of hydrogen-bond donors (Lipinski definition) is 0. The van der Waals surface area contributed by atoms with Crippen LogP contribution in [0.2, 0.25) is 0 Å². The molecule has 1 rings (SSSR count). The van der Waals surface area contributed by atoms with E-state index in [9.17, 15) is 4.79 Å². The monoisotopic (exact) mass is 256 g/mol. The van der Waals surface area contributed by atoms with Gasteiger partial charge in [-0.2, -0.15) is 0 Å². The third kappa shape index (κ3) is 1.82. The van der Waals surface area contributed by atoms with E-state index in [4.69, 9.17) is 4.74 Å². The Bertz CT molecular complexity index is 383. The van der Waals surface area contributed by atoms with E-state index in [1.54, 1.807) is 14.0 Å². The highest BCUT2D eigenvalue weighted by molar-refractivity contribution is 9.10. The van der Waals surface area contributed by atoms with Crippen LogP contribution < -0.4 is 4.74 Å². The lowest BCUT2D eigenvalue weighted by Crippen LogP contribution is -2.01. The van der Waals surface area contributed by atoms with Gasteiger partial charge < -0.3 is 4.74 Å². The molecular formula is C11H13BrO2. The van der Waals surface area contributed by atoms with Crippen LogP contribution in [-0.2, 0) is 0 Å². The van der Waals surface area contributed by atoms with Gasteiger partial charge in [0.15, 0.2) is 5.78 Å². The molecule has 2 nitrogen and oxygen atoms in total. The fourth-order valence-corrected chi connectivity index (χ4v) is 2.04. The smallest absolute Gasteiger partial charge is 0.160 e. The number of methoxy groups -OCH3 is 1. The highest BCUT2D eigenvalue weighted by Crippen LogP contribution is 2.34. The summed E-state index contributed by atoms with van der Waals surface area (Å²) in [6, 6.07) is 1.88. The number of ether oxygens (including phenoxy) is 1. The van der Waals surface area contributed by atoms with Crippen LogP contribution in [0.5, 0.6) is 5.75 Å². The van der Waals surface area contributed by atoms with E-state index in [1.807, 2.05) is 19.9 Å². The first-order chi connectivity index (χ1) is 6.49. The van der Waals surface area contributed by atoms with Crippen LogP contribution in [0.25, 0.3) is 0 Å². The first kappa shape index (κ1) is 11.2. The van der Waals surface area contributed by atoms with Gasteiger partial charge in [-0.05, 0) is 48.3 Å². The first-order valence-corrected chi connectivity index (χ1v) is 5.13. The molecule has 1 aromatic carbocycles. The predicted molar refractivity (Wildman–Crippen MR) is 60.2 cm³/mol. The summed E-state index contributed by atoms with van der Waals surface area (Å²) < 4.78 is 6.17. The quantitative estimate of drug-likeness (QED) is 0.760. The maximum Gasteiger partial charge on any atom is 0.160 e. The van der Waals surface area contributed by atoms with E-state index < -0.39 is 0 Å². The summed E-state index contributed by atoms with van der Waals surface area (Å²) in [4.78, 5) is 11.3. The maximum absolute atomic E-state index is 11.3. The molecule has 0 aliphatic carbocycles. The molecule has 0 aliphatic rings. The Morgan fingerprint density at radius 2 is 2.00 bits per heavy atom. The zero-order valence-corrected chi connectivity index (χ0v) is 10.4. The lowest BCUT2D eigenvalue weighted by molar-refractivity contribution is 0.101. The summed E-state index contributed by atoms with van der Waals surface area (Å²) in [5.74, 6) is 0.812. The number of aryl methyl sites for hydroxylation is 1. The van der Waals surface area contributed by atoms with E-state index in [2.05, 4.69) is 15.9 Å². The van der Waals surface area contributed by atoms with Crippen LogP contribution >= 0.6 is 15.9 Å². The summed E-state index contributed by atoms with van der Waals surface area (Å²) in [6.07, 6.45) is 0. The molecule has 0 unspecified atom stereocenters. The van der Waals surface area contributed by atoms with Crippen molar-refractivity contribution in [3.63, 3.8) is 0 Å². The molecular weight excluding hydrogens is 244 g/mol. The molecule has 0 aromatic heterocycles. The molecule has 0 fully saturated rings. The second kappa shape index (κ2) is 4.13. The van der Waals surface area contributed by atoms with Gasteiger partial charge in [-0.15, -0.1) is 0 Å². The summed E-state index contributed by atoms with van der Waals surface area (Å²) in [5.41, 5.74) is 2.62. The van der Waals surface area contributed by atoms with Crippen molar-refractivity contribution in [1.29, 1.82) is 0 Å². The second-order valence-corrected chi connectivity index (χ2v) is 4.06. The van der Waals surface area contributed by atoms with Gasteiger partial charge in [-0.1, -0.05) is 0 Å². The number of benzene rings is 1. The molecule has 0 N–H and O–H groups in total. The van der Waals surface area contributed by atoms with Crippen LogP contribution in [-0.4, -0.2) is 12.9 Å². The van der Waals surface area contributed by atoms with Crippen molar-refractivity contribution in [2.45, 2.75) is 20.8 Å². The normalized spacial score (nSPS) is 10.1. The Balaban J connectivity index is 3.50. The molecule has 76 valence electrons. The molecule has 0 amide bonds. The largest absolute Gasteiger partial charge is 0.495 e. The number of carbonyl (C=O) groups is 1. The lowest BCUT2D eigenvalue weighted by atomic mass is 10.0. The zero-order chi connectivity index (χ0) is 10.9. The molecule has 3 heteroatoms. The molecule has 0 bridgehead atoms. The molecule has 0 heterocycles. The van der Waals surface area contributed by atoms with Crippen molar-refractivity contribution in [2.24, 2.45) is 0 Å². The standard InChI is InChI=1S/C11H13BrO2/c1-6-5-9(8(3)13)7(2)11(14-4)10(6)12/h5H,1-4H3. The van der Waals surface area contributed by atoms with Crippen LogP contribution in [0.15, 0.2) is 10.5 Å². The molecule has 0 spiro atoms. The van der Waals surface area contributed by atoms with Crippen molar-refractivity contribution < 1.29 is 9.53 Å². The van der Waals surface area contributed by atoms with Gasteiger partial charge in [0.2, 0.25) is 0 Å². The minimum atomic E-state index is 0.0661. The lowest BCUT2D eigenvalue weighted by Gasteiger charge is -2.12. The topological polar surface area (TPSA) is 26.3 Å². The van der Waals surface area contributed by atoms with Gasteiger partial charge in [0.1, 0.15) is 5.75 Å². The first-order valence-electron chi connectivity index (χ1n) is 4.33. The van der Waals surface area contributed by atoms with Crippen molar-refractivity contribution in [1.82, 2.24) is 0 Å². The SMILES string of the molecule is COc1c(C)c(C(C)=O)cc(C)c1Br. The van der Waals surface area contributed by atoms with Gasteiger partial charge in [0.05, 0.1) is 11.6 Å². The third-order valence-corrected chi connectivity index (χ3v) is 3.22. The van der Waals surface area contributed by atoms with Gasteiger partial charge in [-0.25, -0.2) is 0 Å². The molecule has 0 radical (unpaired) electrons. The van der Waals surface area contributed by atoms with E-state index in [1.165, 1.54) is 0 Å². The number of halogens is 1.